The maximum Gasteiger partial charge on any atom is 0.325 e. The van der Waals surface area contributed by atoms with Crippen LogP contribution in [0.15, 0.2) is 73.1 Å². The van der Waals surface area contributed by atoms with Gasteiger partial charge in [-0.15, -0.1) is 0 Å². The molecule has 3 aromatic rings. The Hall–Kier alpha value is -4.76. The molecular formula is C28H36N6O8. The quantitative estimate of drug-likeness (QED) is 0.207. The van der Waals surface area contributed by atoms with Gasteiger partial charge in [-0.05, 0) is 11.1 Å². The van der Waals surface area contributed by atoms with Gasteiger partial charge in [-0.25, -0.2) is 9.97 Å². The molecule has 0 bridgehead atoms. The molecule has 226 valence electrons. The van der Waals surface area contributed by atoms with Gasteiger partial charge in [0, 0.05) is 0 Å². The van der Waals surface area contributed by atoms with E-state index in [0.29, 0.717) is 13.2 Å². The second-order valence-electron chi connectivity index (χ2n) is 8.28. The van der Waals surface area contributed by atoms with Gasteiger partial charge < -0.3 is 41.9 Å². The molecule has 0 aliphatic carbocycles. The fraction of sp³-hybridized carbons (Fsp3) is 0.286. The second-order valence-corrected chi connectivity index (χ2v) is 8.28. The highest BCUT2D eigenvalue weighted by atomic mass is 16.5. The van der Waals surface area contributed by atoms with Crippen molar-refractivity contribution in [2.24, 2.45) is 22.9 Å². The molecule has 1 heterocycles. The first-order valence-corrected chi connectivity index (χ1v) is 12.4. The summed E-state index contributed by atoms with van der Waals surface area (Å²) in [4.78, 5) is 49.9. The Labute approximate surface area is 243 Å². The van der Waals surface area contributed by atoms with Crippen LogP contribution in [0.1, 0.15) is 32.1 Å². The van der Waals surface area contributed by atoms with Gasteiger partial charge >= 0.3 is 11.9 Å². The molecule has 14 nitrogen and oxygen atoms in total. The van der Waals surface area contributed by atoms with Crippen LogP contribution in [-0.4, -0.2) is 73.2 Å². The lowest BCUT2D eigenvalue weighted by Gasteiger charge is -2.09. The van der Waals surface area contributed by atoms with E-state index in [1.165, 1.54) is 14.2 Å². The average molecular weight is 585 g/mol. The van der Waals surface area contributed by atoms with E-state index in [4.69, 9.17) is 32.4 Å². The van der Waals surface area contributed by atoms with Crippen molar-refractivity contribution in [2.75, 3.05) is 27.4 Å². The highest BCUT2D eigenvalue weighted by molar-refractivity contribution is 5.92. The van der Waals surface area contributed by atoms with E-state index in [1.54, 1.807) is 0 Å². The maximum absolute atomic E-state index is 10.9. The minimum Gasteiger partial charge on any atom is -0.468 e. The van der Waals surface area contributed by atoms with Crippen molar-refractivity contribution in [1.29, 1.82) is 0 Å². The normalized spacial score (nSPS) is 11.3. The number of rotatable bonds is 12. The standard InChI is InChI=1S/2C11H15NO3.C6H6N4O2/c2*1-14-11(13)10(12)8-15-7-9-5-3-2-4-6-9;7-5(11)3-1-9-4(2-10-3)6(8)12/h2*2-6,10H,7-8,12H2,1H3;1-2H,(H2,7,11)(H2,8,12)/t2*10-;/m00./s1. The van der Waals surface area contributed by atoms with Crippen LogP contribution < -0.4 is 22.9 Å². The molecule has 0 radical (unpaired) electrons. The Morgan fingerprint density at radius 2 is 0.976 bits per heavy atom. The van der Waals surface area contributed by atoms with E-state index in [-0.39, 0.29) is 24.6 Å². The molecule has 2 amide bonds. The number of ether oxygens (including phenoxy) is 4. The van der Waals surface area contributed by atoms with Gasteiger partial charge in [-0.1, -0.05) is 60.7 Å². The number of hydrogen-bond acceptors (Lipinski definition) is 12. The van der Waals surface area contributed by atoms with Crippen molar-refractivity contribution in [2.45, 2.75) is 25.3 Å². The minimum absolute atomic E-state index is 0.000000000000000222. The SMILES string of the molecule is COC(=O)[C@@H](N)COCc1ccccc1.COC(=O)[C@@H](N)COCc1ccccc1.NC(=O)c1cnc(C(N)=O)cn1. The van der Waals surface area contributed by atoms with Gasteiger partial charge in [0.15, 0.2) is 0 Å². The molecule has 42 heavy (non-hydrogen) atoms. The van der Waals surface area contributed by atoms with Crippen LogP contribution in [0.4, 0.5) is 0 Å². The molecule has 0 spiro atoms. The Balaban J connectivity index is 0.000000317. The highest BCUT2D eigenvalue weighted by Crippen LogP contribution is 2.02. The first-order chi connectivity index (χ1) is 20.1. The summed E-state index contributed by atoms with van der Waals surface area (Å²) < 4.78 is 19.5. The summed E-state index contributed by atoms with van der Waals surface area (Å²) in [6.07, 6.45) is 2.20. The summed E-state index contributed by atoms with van der Waals surface area (Å²) in [7, 11) is 2.61. The van der Waals surface area contributed by atoms with Crippen molar-refractivity contribution < 1.29 is 38.1 Å². The Morgan fingerprint density at radius 1 is 0.643 bits per heavy atom. The second kappa shape index (κ2) is 20.2. The minimum atomic E-state index is -0.710. The van der Waals surface area contributed by atoms with Gasteiger partial charge in [-0.2, -0.15) is 0 Å². The number of nitrogens with zero attached hydrogens (tertiary/aromatic N) is 2. The number of aromatic nitrogens is 2. The number of hydrogen-bond donors (Lipinski definition) is 4. The number of carbonyl (C=O) groups excluding carboxylic acids is 4. The molecule has 0 unspecified atom stereocenters. The van der Waals surface area contributed by atoms with Gasteiger partial charge in [0.25, 0.3) is 11.8 Å². The summed E-state index contributed by atoms with van der Waals surface area (Å²) >= 11 is 0. The van der Waals surface area contributed by atoms with Gasteiger partial charge in [0.05, 0.1) is 53.0 Å². The first kappa shape index (κ1) is 35.3. The molecule has 0 aliphatic heterocycles. The first-order valence-electron chi connectivity index (χ1n) is 12.4. The fourth-order valence-corrected chi connectivity index (χ4v) is 2.78. The van der Waals surface area contributed by atoms with E-state index in [9.17, 15) is 19.2 Å². The van der Waals surface area contributed by atoms with Crippen molar-refractivity contribution >= 4 is 23.8 Å². The predicted molar refractivity (Wildman–Crippen MR) is 151 cm³/mol. The third-order valence-corrected chi connectivity index (χ3v) is 4.98. The topological polar surface area (TPSA) is 235 Å². The van der Waals surface area contributed by atoms with Crippen LogP contribution in [-0.2, 0) is 41.8 Å². The number of benzene rings is 2. The van der Waals surface area contributed by atoms with E-state index in [2.05, 4.69) is 19.4 Å². The third kappa shape index (κ3) is 14.6. The highest BCUT2D eigenvalue weighted by Gasteiger charge is 2.14. The maximum atomic E-state index is 10.9. The molecular weight excluding hydrogens is 548 g/mol. The van der Waals surface area contributed by atoms with Crippen molar-refractivity contribution in [3.63, 3.8) is 0 Å². The van der Waals surface area contributed by atoms with E-state index >= 15 is 0 Å². The number of carbonyl (C=O) groups is 4. The molecule has 2 aromatic carbocycles. The van der Waals surface area contributed by atoms with Crippen LogP contribution in [0.3, 0.4) is 0 Å². The fourth-order valence-electron chi connectivity index (χ4n) is 2.78. The molecule has 1 aromatic heterocycles. The Bertz CT molecular complexity index is 1130. The summed E-state index contributed by atoms with van der Waals surface area (Å²) in [5.41, 5.74) is 22.9. The molecule has 0 saturated heterocycles. The average Bonchev–Trinajstić information content (AvgIpc) is 3.01. The van der Waals surface area contributed by atoms with Crippen LogP contribution in [0.2, 0.25) is 0 Å². The van der Waals surface area contributed by atoms with E-state index < -0.39 is 35.8 Å². The molecule has 0 saturated carbocycles. The lowest BCUT2D eigenvalue weighted by Crippen LogP contribution is -2.36. The van der Waals surface area contributed by atoms with Crippen molar-refractivity contribution in [3.8, 4) is 0 Å². The molecule has 14 heteroatoms. The molecule has 3 rings (SSSR count). The monoisotopic (exact) mass is 584 g/mol. The number of primary amides is 2. The van der Waals surface area contributed by atoms with Gasteiger partial charge in [0.2, 0.25) is 0 Å². The zero-order valence-electron chi connectivity index (χ0n) is 23.4. The van der Waals surface area contributed by atoms with Crippen LogP contribution in [0.5, 0.6) is 0 Å². The van der Waals surface area contributed by atoms with Crippen LogP contribution >= 0.6 is 0 Å². The Morgan fingerprint density at radius 3 is 1.24 bits per heavy atom. The molecule has 2 atom stereocenters. The van der Waals surface area contributed by atoms with E-state index in [0.717, 1.165) is 23.5 Å². The number of esters is 2. The summed E-state index contributed by atoms with van der Waals surface area (Å²) in [6.45, 7) is 1.24. The van der Waals surface area contributed by atoms with E-state index in [1.807, 2.05) is 60.7 Å². The molecule has 8 N–H and O–H groups in total. The third-order valence-electron chi connectivity index (χ3n) is 4.98. The zero-order valence-corrected chi connectivity index (χ0v) is 23.4. The van der Waals surface area contributed by atoms with Crippen LogP contribution in [0, 0.1) is 0 Å². The summed E-state index contributed by atoms with van der Waals surface area (Å²) in [6, 6.07) is 18.0. The zero-order chi connectivity index (χ0) is 31.3. The number of nitrogens with two attached hydrogens (primary N) is 4. The summed E-state index contributed by atoms with van der Waals surface area (Å²) in [5, 5.41) is 0. The molecule has 0 fully saturated rings. The smallest absolute Gasteiger partial charge is 0.325 e. The van der Waals surface area contributed by atoms with Gasteiger partial charge in [0.1, 0.15) is 23.5 Å². The predicted octanol–water partition coefficient (Wildman–Crippen LogP) is 0.0814. The van der Waals surface area contributed by atoms with Crippen molar-refractivity contribution in [1.82, 2.24) is 9.97 Å². The summed E-state index contributed by atoms with van der Waals surface area (Å²) in [5.74, 6) is -2.30. The van der Waals surface area contributed by atoms with Crippen LogP contribution in [0.25, 0.3) is 0 Å². The number of amides is 2. The van der Waals surface area contributed by atoms with Crippen molar-refractivity contribution in [3.05, 3.63) is 95.6 Å². The van der Waals surface area contributed by atoms with Gasteiger partial charge in [-0.3, -0.25) is 19.2 Å². The Kier molecular flexibility index (Phi) is 16.9. The molecule has 0 aliphatic rings. The lowest BCUT2D eigenvalue weighted by atomic mass is 10.2. The lowest BCUT2D eigenvalue weighted by molar-refractivity contribution is -0.144. The number of methoxy groups -OCH3 is 2. The largest absolute Gasteiger partial charge is 0.468 e.